The van der Waals surface area contributed by atoms with Crippen molar-refractivity contribution >= 4 is 34.0 Å². The molecule has 0 spiro atoms. The number of nitrogens with zero attached hydrogens (tertiary/aromatic N) is 3. The zero-order chi connectivity index (χ0) is 23.6. The third-order valence-electron chi connectivity index (χ3n) is 6.75. The highest BCUT2D eigenvalue weighted by molar-refractivity contribution is 7.13. The molecule has 1 aromatic carbocycles. The number of anilines is 2. The van der Waals surface area contributed by atoms with E-state index in [4.69, 9.17) is 4.98 Å². The molecule has 3 heterocycles. The molecule has 2 aliphatic heterocycles. The summed E-state index contributed by atoms with van der Waals surface area (Å²) in [5.74, 6) is -0.0343. The van der Waals surface area contributed by atoms with Crippen molar-refractivity contribution in [3.05, 3.63) is 40.9 Å². The predicted octanol–water partition coefficient (Wildman–Crippen LogP) is 5.51. The molecule has 1 aromatic heterocycles. The third kappa shape index (κ3) is 5.24. The van der Waals surface area contributed by atoms with Crippen molar-refractivity contribution in [2.24, 2.45) is 0 Å². The van der Waals surface area contributed by atoms with Gasteiger partial charge in [0.05, 0.1) is 11.7 Å². The molecular weight excluding hydrogens is 432 g/mol. The van der Waals surface area contributed by atoms with Gasteiger partial charge < -0.3 is 15.1 Å². The maximum Gasteiger partial charge on any atom is 0.248 e. The molecule has 2 saturated heterocycles. The average molecular weight is 469 g/mol. The summed E-state index contributed by atoms with van der Waals surface area (Å²) in [5, 5.41) is 5.68. The quantitative estimate of drug-likeness (QED) is 0.607. The van der Waals surface area contributed by atoms with Crippen molar-refractivity contribution in [1.29, 1.82) is 0 Å². The van der Waals surface area contributed by atoms with Crippen LogP contribution in [0.5, 0.6) is 0 Å². The van der Waals surface area contributed by atoms with Crippen molar-refractivity contribution in [1.82, 2.24) is 9.88 Å². The lowest BCUT2D eigenvalue weighted by Gasteiger charge is -2.27. The lowest BCUT2D eigenvalue weighted by molar-refractivity contribution is -0.136. The van der Waals surface area contributed by atoms with Gasteiger partial charge in [-0.05, 0) is 55.2 Å². The molecule has 1 N–H and O–H groups in total. The van der Waals surface area contributed by atoms with Gasteiger partial charge in [-0.1, -0.05) is 39.8 Å². The van der Waals surface area contributed by atoms with Crippen molar-refractivity contribution in [3.8, 4) is 0 Å². The number of thiazole rings is 1. The van der Waals surface area contributed by atoms with Crippen LogP contribution >= 0.6 is 11.3 Å². The van der Waals surface area contributed by atoms with Crippen LogP contribution in [0.4, 0.5) is 10.8 Å². The lowest BCUT2D eigenvalue weighted by Crippen LogP contribution is -2.43. The van der Waals surface area contributed by atoms with Crippen LogP contribution in [0, 0.1) is 0 Å². The van der Waals surface area contributed by atoms with Gasteiger partial charge in [0.25, 0.3) is 0 Å². The van der Waals surface area contributed by atoms with E-state index in [1.165, 1.54) is 22.6 Å². The molecule has 4 rings (SSSR count). The number of amides is 2. The monoisotopic (exact) mass is 468 g/mol. The number of nitrogens with one attached hydrogen (secondary N) is 1. The summed E-state index contributed by atoms with van der Waals surface area (Å²) in [5.41, 5.74) is 3.71. The summed E-state index contributed by atoms with van der Waals surface area (Å²) in [6, 6.07) is 8.74. The molecule has 2 atom stereocenters. The van der Waals surface area contributed by atoms with E-state index in [0.29, 0.717) is 18.1 Å². The van der Waals surface area contributed by atoms with Crippen LogP contribution < -0.4 is 10.2 Å². The number of hydrogen-bond donors (Lipinski definition) is 1. The molecule has 33 heavy (non-hydrogen) atoms. The Labute approximate surface area is 201 Å². The highest BCUT2D eigenvalue weighted by Crippen LogP contribution is 2.38. The van der Waals surface area contributed by atoms with E-state index in [1.54, 1.807) is 4.90 Å². The number of rotatable bonds is 6. The highest BCUT2D eigenvalue weighted by Gasteiger charge is 2.34. The Morgan fingerprint density at radius 3 is 2.55 bits per heavy atom. The third-order valence-corrected chi connectivity index (χ3v) is 7.53. The van der Waals surface area contributed by atoms with E-state index in [1.807, 2.05) is 6.92 Å². The Kier molecular flexibility index (Phi) is 7.07. The second kappa shape index (κ2) is 9.84. The molecule has 2 amide bonds. The number of carbonyl (C=O) groups is 2. The van der Waals surface area contributed by atoms with Gasteiger partial charge in [-0.2, -0.15) is 0 Å². The summed E-state index contributed by atoms with van der Waals surface area (Å²) < 4.78 is 0. The molecule has 2 aliphatic rings. The fraction of sp³-hybridized carbons (Fsp3) is 0.577. The molecule has 7 heteroatoms. The zero-order valence-electron chi connectivity index (χ0n) is 20.3. The molecule has 0 unspecified atom stereocenters. The van der Waals surface area contributed by atoms with Gasteiger partial charge >= 0.3 is 0 Å². The molecule has 0 radical (unpaired) electrons. The van der Waals surface area contributed by atoms with Crippen LogP contribution in [0.15, 0.2) is 29.6 Å². The minimum atomic E-state index is -0.374. The summed E-state index contributed by atoms with van der Waals surface area (Å²) in [4.78, 5) is 34.2. The second-order valence-corrected chi connectivity index (χ2v) is 11.1. The maximum atomic E-state index is 12.9. The van der Waals surface area contributed by atoms with Gasteiger partial charge in [0, 0.05) is 30.6 Å². The number of carbonyl (C=O) groups excluding carboxylic acids is 2. The van der Waals surface area contributed by atoms with Crippen molar-refractivity contribution in [3.63, 3.8) is 0 Å². The molecular formula is C26H36N4O2S. The topological polar surface area (TPSA) is 65.5 Å². The van der Waals surface area contributed by atoms with Crippen LogP contribution in [0.2, 0.25) is 0 Å². The maximum absolute atomic E-state index is 12.9. The van der Waals surface area contributed by atoms with Crippen molar-refractivity contribution in [2.45, 2.75) is 83.7 Å². The highest BCUT2D eigenvalue weighted by atomic mass is 32.1. The summed E-state index contributed by atoms with van der Waals surface area (Å²) >= 11 is 1.47. The van der Waals surface area contributed by atoms with Gasteiger partial charge in [-0.15, -0.1) is 11.3 Å². The van der Waals surface area contributed by atoms with E-state index < -0.39 is 0 Å². The second-order valence-electron chi connectivity index (χ2n) is 10.2. The molecule has 178 valence electrons. The van der Waals surface area contributed by atoms with E-state index in [2.05, 4.69) is 60.6 Å². The van der Waals surface area contributed by atoms with Gasteiger partial charge in [-0.3, -0.25) is 9.59 Å². The van der Waals surface area contributed by atoms with E-state index in [9.17, 15) is 9.59 Å². The number of benzene rings is 1. The zero-order valence-corrected chi connectivity index (χ0v) is 21.1. The Hall–Kier alpha value is -2.41. The summed E-state index contributed by atoms with van der Waals surface area (Å²) in [6.07, 6.45) is 5.08. The van der Waals surface area contributed by atoms with Crippen LogP contribution in [0.1, 0.15) is 83.5 Å². The minimum absolute atomic E-state index is 0.0778. The van der Waals surface area contributed by atoms with Crippen LogP contribution in [0.25, 0.3) is 0 Å². The van der Waals surface area contributed by atoms with E-state index in [-0.39, 0.29) is 29.3 Å². The molecule has 0 aliphatic carbocycles. The van der Waals surface area contributed by atoms with E-state index >= 15 is 0 Å². The first kappa shape index (κ1) is 23.7. The number of aromatic nitrogens is 1. The Bertz CT molecular complexity index is 979. The Morgan fingerprint density at radius 1 is 1.12 bits per heavy atom. The van der Waals surface area contributed by atoms with E-state index in [0.717, 1.165) is 44.3 Å². The first-order valence-corrected chi connectivity index (χ1v) is 13.1. The number of likely N-dealkylation sites (tertiary alicyclic amines) is 1. The van der Waals surface area contributed by atoms with Gasteiger partial charge in [0.15, 0.2) is 5.13 Å². The van der Waals surface area contributed by atoms with Gasteiger partial charge in [-0.25, -0.2) is 4.98 Å². The normalized spacial score (nSPS) is 21.0. The van der Waals surface area contributed by atoms with Crippen LogP contribution in [-0.4, -0.2) is 40.8 Å². The Balaban J connectivity index is 1.43. The molecule has 0 bridgehead atoms. The predicted molar refractivity (Wildman–Crippen MR) is 135 cm³/mol. The number of hydrogen-bond acceptors (Lipinski definition) is 5. The van der Waals surface area contributed by atoms with Crippen LogP contribution in [0.3, 0.4) is 0 Å². The first-order chi connectivity index (χ1) is 15.8. The lowest BCUT2D eigenvalue weighted by atomic mass is 9.87. The SMILES string of the molecule is CCCC(=O)N1CCC[C@H]1C(=O)Nc1nc([C@@H]2CCCN2c2ccc(C(C)(C)C)cc2)cs1. The molecule has 2 fully saturated rings. The van der Waals surface area contributed by atoms with Crippen molar-refractivity contribution < 1.29 is 9.59 Å². The standard InChI is InChI=1S/C26H36N4O2S/c1-5-8-23(31)30-16-7-10-22(30)24(32)28-25-27-20(17-33-25)21-9-6-15-29(21)19-13-11-18(12-14-19)26(2,3)4/h11-14,17,21-22H,5-10,15-16H2,1-4H3,(H,27,28,32)/t21-,22-/m0/s1. The first-order valence-electron chi connectivity index (χ1n) is 12.2. The molecule has 0 saturated carbocycles. The summed E-state index contributed by atoms with van der Waals surface area (Å²) in [6.45, 7) is 10.4. The minimum Gasteiger partial charge on any atom is -0.363 e. The van der Waals surface area contributed by atoms with Gasteiger partial charge in [0.1, 0.15) is 6.04 Å². The van der Waals surface area contributed by atoms with Crippen LogP contribution in [-0.2, 0) is 15.0 Å². The fourth-order valence-electron chi connectivity index (χ4n) is 4.92. The fourth-order valence-corrected chi connectivity index (χ4v) is 5.68. The average Bonchev–Trinajstić information content (AvgIpc) is 3.53. The molecule has 6 nitrogen and oxygen atoms in total. The largest absolute Gasteiger partial charge is 0.363 e. The van der Waals surface area contributed by atoms with Crippen molar-refractivity contribution in [2.75, 3.05) is 23.3 Å². The summed E-state index contributed by atoms with van der Waals surface area (Å²) in [7, 11) is 0. The molecule has 2 aromatic rings. The Morgan fingerprint density at radius 2 is 1.85 bits per heavy atom. The smallest absolute Gasteiger partial charge is 0.248 e. The van der Waals surface area contributed by atoms with Gasteiger partial charge in [0.2, 0.25) is 11.8 Å².